The minimum Gasteiger partial charge on any atom is -0.491 e. The molecule has 176 valence electrons. The fourth-order valence-electron chi connectivity index (χ4n) is 4.83. The van der Waals surface area contributed by atoms with Crippen LogP contribution in [-0.2, 0) is 6.42 Å². The number of unbranched alkanes of at least 4 members (excludes halogenated alkanes) is 1. The lowest BCUT2D eigenvalue weighted by Gasteiger charge is -2.36. The van der Waals surface area contributed by atoms with Crippen LogP contribution in [0, 0.1) is 11.3 Å². The van der Waals surface area contributed by atoms with E-state index in [0.717, 1.165) is 79.4 Å². The van der Waals surface area contributed by atoms with E-state index in [1.54, 1.807) is 11.0 Å². The number of urea groups is 1. The molecule has 2 aliphatic rings. The van der Waals surface area contributed by atoms with Crippen molar-refractivity contribution >= 4 is 38.1 Å². The fraction of sp³-hybridized carbons (Fsp3) is 0.385. The van der Waals surface area contributed by atoms with Gasteiger partial charge in [0.05, 0.1) is 23.9 Å². The highest BCUT2D eigenvalue weighted by Crippen LogP contribution is 2.36. The first-order chi connectivity index (χ1) is 16.6. The van der Waals surface area contributed by atoms with E-state index in [1.807, 2.05) is 18.2 Å². The van der Waals surface area contributed by atoms with Gasteiger partial charge < -0.3 is 15.4 Å². The fourth-order valence-corrected chi connectivity index (χ4v) is 5.90. The lowest BCUT2D eigenvalue weighted by Crippen LogP contribution is -2.46. The number of nitrogens with zero attached hydrogens (tertiary/aromatic N) is 4. The highest BCUT2D eigenvalue weighted by Gasteiger charge is 2.23. The molecule has 7 nitrogen and oxygen atoms in total. The average molecular weight is 476 g/mol. The summed E-state index contributed by atoms with van der Waals surface area (Å²) in [6.45, 7) is 6.46. The van der Waals surface area contributed by atoms with Crippen LogP contribution >= 0.6 is 11.3 Å². The summed E-state index contributed by atoms with van der Waals surface area (Å²) in [5, 5.41) is 10.9. The lowest BCUT2D eigenvalue weighted by atomic mass is 10.1. The van der Waals surface area contributed by atoms with E-state index in [9.17, 15) is 4.79 Å². The molecule has 0 aliphatic carbocycles. The van der Waals surface area contributed by atoms with Crippen molar-refractivity contribution in [2.75, 3.05) is 55.7 Å². The van der Waals surface area contributed by atoms with E-state index < -0.39 is 6.03 Å². The van der Waals surface area contributed by atoms with E-state index in [0.29, 0.717) is 12.1 Å². The van der Waals surface area contributed by atoms with Gasteiger partial charge in [-0.05, 0) is 60.7 Å². The van der Waals surface area contributed by atoms with E-state index in [2.05, 4.69) is 34.1 Å². The van der Waals surface area contributed by atoms with Crippen molar-refractivity contribution in [3.63, 3.8) is 0 Å². The molecule has 34 heavy (non-hydrogen) atoms. The maximum atomic E-state index is 12.1. The Bertz CT molecular complexity index is 1230. The molecular weight excluding hydrogens is 446 g/mol. The number of fused-ring (bicyclic) bond motifs is 2. The Labute approximate surface area is 203 Å². The van der Waals surface area contributed by atoms with Crippen LogP contribution < -0.4 is 20.3 Å². The highest BCUT2D eigenvalue weighted by molar-refractivity contribution is 7.23. The number of ether oxygens (including phenoxy) is 1. The molecule has 0 radical (unpaired) electrons. The minimum atomic E-state index is -0.432. The van der Waals surface area contributed by atoms with Gasteiger partial charge in [0.15, 0.2) is 0 Å². The predicted molar refractivity (Wildman–Crippen MR) is 137 cm³/mol. The molecule has 0 atom stereocenters. The molecule has 1 saturated heterocycles. The van der Waals surface area contributed by atoms with Crippen LogP contribution in [-0.4, -0.2) is 56.8 Å². The third-order valence-electron chi connectivity index (χ3n) is 6.68. The second kappa shape index (κ2) is 9.92. The van der Waals surface area contributed by atoms with Crippen molar-refractivity contribution in [2.45, 2.75) is 19.3 Å². The van der Waals surface area contributed by atoms with Gasteiger partial charge in [-0.3, -0.25) is 9.80 Å². The number of rotatable bonds is 7. The molecule has 1 aromatic heterocycles. The summed E-state index contributed by atoms with van der Waals surface area (Å²) in [6, 6.07) is 15.7. The number of hydrogen-bond donors (Lipinski definition) is 1. The van der Waals surface area contributed by atoms with E-state index in [4.69, 9.17) is 15.7 Å². The second-order valence-electron chi connectivity index (χ2n) is 8.84. The van der Waals surface area contributed by atoms with Gasteiger partial charge in [0.2, 0.25) is 0 Å². The van der Waals surface area contributed by atoms with E-state index in [1.165, 1.54) is 22.6 Å². The van der Waals surface area contributed by atoms with Crippen molar-refractivity contribution in [1.82, 2.24) is 4.90 Å². The van der Waals surface area contributed by atoms with Crippen molar-refractivity contribution in [3.05, 3.63) is 53.6 Å². The summed E-state index contributed by atoms with van der Waals surface area (Å²) in [7, 11) is 0. The van der Waals surface area contributed by atoms with Gasteiger partial charge in [0, 0.05) is 43.8 Å². The Kier molecular flexibility index (Phi) is 6.57. The van der Waals surface area contributed by atoms with Gasteiger partial charge in [-0.2, -0.15) is 5.26 Å². The molecule has 3 aromatic rings. The van der Waals surface area contributed by atoms with E-state index in [-0.39, 0.29) is 0 Å². The first-order valence-electron chi connectivity index (χ1n) is 11.8. The molecule has 0 unspecified atom stereocenters. The number of piperazine rings is 1. The number of benzene rings is 2. The van der Waals surface area contributed by atoms with Crippen molar-refractivity contribution in [3.8, 4) is 11.8 Å². The molecule has 8 heteroatoms. The van der Waals surface area contributed by atoms with Crippen LogP contribution in [0.4, 0.5) is 15.5 Å². The van der Waals surface area contributed by atoms with Crippen LogP contribution in [0.15, 0.2) is 42.5 Å². The number of para-hydroxylation sites is 1. The van der Waals surface area contributed by atoms with E-state index >= 15 is 0 Å². The normalized spacial score (nSPS) is 15.7. The molecule has 2 N–H and O–H groups in total. The van der Waals surface area contributed by atoms with Gasteiger partial charge in [0.1, 0.15) is 10.8 Å². The molecule has 2 amide bonds. The molecule has 2 aromatic carbocycles. The third-order valence-corrected chi connectivity index (χ3v) is 7.82. The van der Waals surface area contributed by atoms with Crippen LogP contribution in [0.1, 0.15) is 24.0 Å². The van der Waals surface area contributed by atoms with Gasteiger partial charge in [-0.15, -0.1) is 11.3 Å². The van der Waals surface area contributed by atoms with Gasteiger partial charge in [0.25, 0.3) is 0 Å². The van der Waals surface area contributed by atoms with Crippen LogP contribution in [0.5, 0.6) is 5.75 Å². The number of anilines is 2. The number of hydrogen-bond acceptors (Lipinski definition) is 6. The molecule has 5 rings (SSSR count). The lowest BCUT2D eigenvalue weighted by molar-refractivity contribution is 0.248. The number of primary amides is 1. The SMILES string of the molecule is N#Cc1ccc2sc(N(CCCCN3CCN(c4cccc5c4OCC5)CC3)C(N)=O)cc2c1. The number of nitriles is 1. The van der Waals surface area contributed by atoms with Gasteiger partial charge >= 0.3 is 6.03 Å². The number of amides is 2. The molecule has 0 bridgehead atoms. The summed E-state index contributed by atoms with van der Waals surface area (Å²) in [5.74, 6) is 1.08. The summed E-state index contributed by atoms with van der Waals surface area (Å²) in [4.78, 5) is 18.7. The Morgan fingerprint density at radius 1 is 1.15 bits per heavy atom. The molecule has 0 spiro atoms. The predicted octanol–water partition coefficient (Wildman–Crippen LogP) is 4.20. The Morgan fingerprint density at radius 3 is 2.79 bits per heavy atom. The zero-order valence-corrected chi connectivity index (χ0v) is 20.0. The maximum absolute atomic E-state index is 12.1. The van der Waals surface area contributed by atoms with Crippen molar-refractivity contribution in [1.29, 1.82) is 5.26 Å². The Balaban J connectivity index is 1.11. The van der Waals surface area contributed by atoms with Crippen molar-refractivity contribution in [2.24, 2.45) is 5.73 Å². The number of carbonyl (C=O) groups is 1. The monoisotopic (exact) mass is 475 g/mol. The summed E-state index contributed by atoms with van der Waals surface area (Å²) in [5.41, 5.74) is 8.87. The maximum Gasteiger partial charge on any atom is 0.319 e. The Morgan fingerprint density at radius 2 is 2.00 bits per heavy atom. The van der Waals surface area contributed by atoms with Crippen LogP contribution in [0.25, 0.3) is 10.1 Å². The zero-order chi connectivity index (χ0) is 23.5. The number of nitrogens with two attached hydrogens (primary N) is 1. The number of carbonyl (C=O) groups excluding carboxylic acids is 1. The van der Waals surface area contributed by atoms with Crippen LogP contribution in [0.2, 0.25) is 0 Å². The first-order valence-corrected chi connectivity index (χ1v) is 12.7. The standard InChI is InChI=1S/C26H29N5O2S/c27-18-19-6-7-23-21(16-19)17-24(34-23)31(26(28)32)10-2-1-9-29-11-13-30(14-12-29)22-5-3-4-20-8-15-33-25(20)22/h3-7,16-17H,1-2,8-15H2,(H2,28,32). The summed E-state index contributed by atoms with van der Waals surface area (Å²) >= 11 is 1.54. The minimum absolute atomic E-state index is 0.432. The van der Waals surface area contributed by atoms with Crippen LogP contribution in [0.3, 0.4) is 0 Å². The largest absolute Gasteiger partial charge is 0.491 e. The smallest absolute Gasteiger partial charge is 0.319 e. The van der Waals surface area contributed by atoms with Gasteiger partial charge in [-0.25, -0.2) is 4.79 Å². The molecule has 3 heterocycles. The number of thiophene rings is 1. The van der Waals surface area contributed by atoms with Gasteiger partial charge in [-0.1, -0.05) is 12.1 Å². The summed E-state index contributed by atoms with van der Waals surface area (Å²) < 4.78 is 6.94. The third kappa shape index (κ3) is 4.67. The first kappa shape index (κ1) is 22.5. The molecular formula is C26H29N5O2S. The zero-order valence-electron chi connectivity index (χ0n) is 19.2. The molecule has 1 fully saturated rings. The summed E-state index contributed by atoms with van der Waals surface area (Å²) in [6.07, 6.45) is 2.91. The Hall–Kier alpha value is -3.28. The topological polar surface area (TPSA) is 85.8 Å². The average Bonchev–Trinajstić information content (AvgIpc) is 3.50. The van der Waals surface area contributed by atoms with Crippen molar-refractivity contribution < 1.29 is 9.53 Å². The quantitative estimate of drug-likeness (QED) is 0.518. The molecule has 2 aliphatic heterocycles. The molecule has 0 saturated carbocycles. The second-order valence-corrected chi connectivity index (χ2v) is 9.90. The highest BCUT2D eigenvalue weighted by atomic mass is 32.1.